The topological polar surface area (TPSA) is 81.4 Å². The molecule has 0 unspecified atom stereocenters. The van der Waals surface area contributed by atoms with Crippen molar-refractivity contribution in [3.8, 4) is 5.75 Å². The summed E-state index contributed by atoms with van der Waals surface area (Å²) < 4.78 is 8.61. The Labute approximate surface area is 210 Å². The minimum Gasteiger partial charge on any atom is -0.497 e. The molecular formula is C28H33N5O3. The van der Waals surface area contributed by atoms with Crippen LogP contribution in [0, 0.1) is 0 Å². The van der Waals surface area contributed by atoms with Gasteiger partial charge >= 0.3 is 0 Å². The lowest BCUT2D eigenvalue weighted by molar-refractivity contribution is -0.116. The fourth-order valence-electron chi connectivity index (χ4n) is 5.39. The van der Waals surface area contributed by atoms with E-state index in [-0.39, 0.29) is 18.0 Å². The van der Waals surface area contributed by atoms with Crippen LogP contribution in [0.3, 0.4) is 0 Å². The molecule has 1 N–H and O–H groups in total. The maximum Gasteiger partial charge on any atom is 0.261 e. The molecule has 4 aromatic rings. The second-order valence-electron chi connectivity index (χ2n) is 9.72. The molecule has 36 heavy (non-hydrogen) atoms. The van der Waals surface area contributed by atoms with Gasteiger partial charge in [0.2, 0.25) is 5.91 Å². The van der Waals surface area contributed by atoms with Crippen LogP contribution in [0.2, 0.25) is 0 Å². The van der Waals surface area contributed by atoms with E-state index in [9.17, 15) is 9.59 Å². The minimum atomic E-state index is -0.190. The Bertz CT molecular complexity index is 1470. The Balaban J connectivity index is 1.41. The van der Waals surface area contributed by atoms with E-state index in [0.717, 1.165) is 28.7 Å². The van der Waals surface area contributed by atoms with Crippen LogP contribution < -0.4 is 15.6 Å². The summed E-state index contributed by atoms with van der Waals surface area (Å²) >= 11 is 0. The van der Waals surface area contributed by atoms with Gasteiger partial charge in [-0.2, -0.15) is 5.10 Å². The summed E-state index contributed by atoms with van der Waals surface area (Å²) in [5, 5.41) is 8.78. The van der Waals surface area contributed by atoms with Crippen LogP contribution in [-0.2, 0) is 24.9 Å². The highest BCUT2D eigenvalue weighted by Crippen LogP contribution is 2.27. The van der Waals surface area contributed by atoms with Gasteiger partial charge in [-0.1, -0.05) is 37.5 Å². The summed E-state index contributed by atoms with van der Waals surface area (Å²) in [5.74, 6) is 0.486. The third kappa shape index (κ3) is 4.60. The molecule has 0 aliphatic heterocycles. The Kier molecular flexibility index (Phi) is 6.78. The van der Waals surface area contributed by atoms with Crippen molar-refractivity contribution in [2.75, 3.05) is 19.5 Å². The van der Waals surface area contributed by atoms with Crippen LogP contribution in [0.25, 0.3) is 21.8 Å². The van der Waals surface area contributed by atoms with Crippen molar-refractivity contribution in [2.24, 2.45) is 7.05 Å². The second-order valence-corrected chi connectivity index (χ2v) is 9.72. The molecule has 1 aliphatic rings. The largest absolute Gasteiger partial charge is 0.497 e. The maximum atomic E-state index is 13.2. The number of carbonyl (C=O) groups excluding carboxylic acids is 1. The molecule has 8 heteroatoms. The fraction of sp³-hybridized carbons (Fsp3) is 0.393. The molecule has 1 saturated carbocycles. The lowest BCUT2D eigenvalue weighted by Crippen LogP contribution is -2.33. The molecule has 1 fully saturated rings. The summed E-state index contributed by atoms with van der Waals surface area (Å²) in [6.07, 6.45) is 7.90. The normalized spacial score (nSPS) is 14.6. The van der Waals surface area contributed by atoms with Gasteiger partial charge in [-0.15, -0.1) is 0 Å². The smallest absolute Gasteiger partial charge is 0.261 e. The number of hydrogen-bond donors (Lipinski definition) is 1. The lowest BCUT2D eigenvalue weighted by atomic mass is 9.94. The molecule has 5 rings (SSSR count). The van der Waals surface area contributed by atoms with Gasteiger partial charge in [-0.25, -0.2) is 0 Å². The van der Waals surface area contributed by atoms with Gasteiger partial charge in [0.25, 0.3) is 5.56 Å². The quantitative estimate of drug-likeness (QED) is 0.420. The van der Waals surface area contributed by atoms with Crippen molar-refractivity contribution in [1.29, 1.82) is 0 Å². The van der Waals surface area contributed by atoms with Gasteiger partial charge in [-0.05, 0) is 49.7 Å². The van der Waals surface area contributed by atoms with E-state index in [1.165, 1.54) is 38.3 Å². The van der Waals surface area contributed by atoms with Crippen LogP contribution in [0.5, 0.6) is 5.75 Å². The molecule has 8 nitrogen and oxygen atoms in total. The zero-order valence-electron chi connectivity index (χ0n) is 21.2. The SMILES string of the molecule is COc1ccc2c(c1)c1c(cnn1CC(=O)Nc1ccccc1CN(C)C1CCCCC1)c(=O)n2C. The number of fused-ring (bicyclic) bond motifs is 3. The molecule has 1 amide bonds. The molecule has 0 atom stereocenters. The number of carbonyl (C=O) groups is 1. The van der Waals surface area contributed by atoms with Gasteiger partial charge in [0.15, 0.2) is 0 Å². The fourth-order valence-corrected chi connectivity index (χ4v) is 5.39. The first-order valence-electron chi connectivity index (χ1n) is 12.6. The van der Waals surface area contributed by atoms with Crippen molar-refractivity contribution < 1.29 is 9.53 Å². The number of aromatic nitrogens is 3. The van der Waals surface area contributed by atoms with Crippen molar-refractivity contribution in [1.82, 2.24) is 19.2 Å². The predicted molar refractivity (Wildman–Crippen MR) is 142 cm³/mol. The molecule has 2 aromatic heterocycles. The minimum absolute atomic E-state index is 0.00419. The highest BCUT2D eigenvalue weighted by Gasteiger charge is 2.20. The number of nitrogens with one attached hydrogen (secondary N) is 1. The van der Waals surface area contributed by atoms with E-state index in [1.54, 1.807) is 23.4 Å². The molecule has 1 aliphatic carbocycles. The first-order chi connectivity index (χ1) is 17.5. The van der Waals surface area contributed by atoms with Gasteiger partial charge in [0.1, 0.15) is 12.3 Å². The van der Waals surface area contributed by atoms with Gasteiger partial charge in [0.05, 0.1) is 29.7 Å². The molecule has 188 valence electrons. The number of methoxy groups -OCH3 is 1. The summed E-state index contributed by atoms with van der Waals surface area (Å²) in [6, 6.07) is 14.1. The molecular weight excluding hydrogens is 454 g/mol. The number of para-hydroxylation sites is 1. The highest BCUT2D eigenvalue weighted by atomic mass is 16.5. The molecule has 2 heterocycles. The average Bonchev–Trinajstić information content (AvgIpc) is 3.32. The van der Waals surface area contributed by atoms with Crippen LogP contribution >= 0.6 is 0 Å². The second kappa shape index (κ2) is 10.1. The van der Waals surface area contributed by atoms with E-state index in [2.05, 4.69) is 28.4 Å². The summed E-state index contributed by atoms with van der Waals surface area (Å²) in [6.45, 7) is 0.780. The lowest BCUT2D eigenvalue weighted by Gasteiger charge is -2.31. The van der Waals surface area contributed by atoms with Crippen LogP contribution in [-0.4, -0.2) is 45.4 Å². The zero-order valence-corrected chi connectivity index (χ0v) is 21.2. The Morgan fingerprint density at radius 3 is 2.69 bits per heavy atom. The van der Waals surface area contributed by atoms with E-state index < -0.39 is 0 Å². The number of ether oxygens (including phenoxy) is 1. The number of nitrogens with zero attached hydrogens (tertiary/aromatic N) is 4. The third-order valence-electron chi connectivity index (χ3n) is 7.40. The monoisotopic (exact) mass is 487 g/mol. The number of hydrogen-bond acceptors (Lipinski definition) is 5. The van der Waals surface area contributed by atoms with Crippen LogP contribution in [0.1, 0.15) is 37.7 Å². The standard InChI is InChI=1S/C28H33N5O3/c1-31(20-10-5-4-6-11-20)17-19-9-7-8-12-24(19)30-26(34)18-33-27-22-15-21(36-3)13-14-25(22)32(2)28(35)23(27)16-29-33/h7-9,12-16,20H,4-6,10-11,17-18H2,1-3H3,(H,30,34). The maximum absolute atomic E-state index is 13.2. The number of rotatable bonds is 7. The number of benzene rings is 2. The predicted octanol–water partition coefficient (Wildman–Crippen LogP) is 4.30. The Morgan fingerprint density at radius 1 is 1.14 bits per heavy atom. The molecule has 2 aromatic carbocycles. The van der Waals surface area contributed by atoms with Gasteiger partial charge in [-0.3, -0.25) is 19.2 Å². The Hall–Kier alpha value is -3.65. The first-order valence-corrected chi connectivity index (χ1v) is 12.6. The molecule has 0 radical (unpaired) electrons. The van der Waals surface area contributed by atoms with Crippen molar-refractivity contribution >= 4 is 33.4 Å². The average molecular weight is 488 g/mol. The van der Waals surface area contributed by atoms with Gasteiger partial charge in [0, 0.05) is 30.7 Å². The molecule has 0 saturated heterocycles. The van der Waals surface area contributed by atoms with Crippen LogP contribution in [0.4, 0.5) is 5.69 Å². The molecule has 0 bridgehead atoms. The number of anilines is 1. The number of amides is 1. The highest BCUT2D eigenvalue weighted by molar-refractivity contribution is 6.04. The number of pyridine rings is 1. The van der Waals surface area contributed by atoms with Crippen LogP contribution in [0.15, 0.2) is 53.5 Å². The van der Waals surface area contributed by atoms with E-state index in [4.69, 9.17) is 4.74 Å². The zero-order chi connectivity index (χ0) is 25.2. The summed E-state index contributed by atoms with van der Waals surface area (Å²) in [5.41, 5.74) is 3.14. The first kappa shape index (κ1) is 24.1. The Morgan fingerprint density at radius 2 is 1.92 bits per heavy atom. The van der Waals surface area contributed by atoms with E-state index in [0.29, 0.717) is 22.7 Å². The van der Waals surface area contributed by atoms with E-state index in [1.807, 2.05) is 36.4 Å². The van der Waals surface area contributed by atoms with Crippen molar-refractivity contribution in [3.05, 3.63) is 64.6 Å². The molecule has 0 spiro atoms. The third-order valence-corrected chi connectivity index (χ3v) is 7.40. The summed E-state index contributed by atoms with van der Waals surface area (Å²) in [7, 11) is 5.51. The van der Waals surface area contributed by atoms with Crippen molar-refractivity contribution in [2.45, 2.75) is 51.2 Å². The number of aryl methyl sites for hydroxylation is 1. The van der Waals surface area contributed by atoms with Gasteiger partial charge < -0.3 is 14.6 Å². The van der Waals surface area contributed by atoms with E-state index >= 15 is 0 Å². The van der Waals surface area contributed by atoms with Crippen molar-refractivity contribution in [3.63, 3.8) is 0 Å². The summed E-state index contributed by atoms with van der Waals surface area (Å²) in [4.78, 5) is 28.5.